The number of nitrogen functional groups attached to an aromatic ring is 1. The molecule has 0 saturated heterocycles. The van der Waals surface area contributed by atoms with Crippen LogP contribution >= 0.6 is 15.9 Å². The van der Waals surface area contributed by atoms with Crippen molar-refractivity contribution in [3.05, 3.63) is 185 Å². The predicted octanol–water partition coefficient (Wildman–Crippen LogP) is 10.5. The molecular formula is C59H63BrN10O9. The van der Waals surface area contributed by atoms with Gasteiger partial charge >= 0.3 is 11.9 Å². The lowest BCUT2D eigenvalue weighted by molar-refractivity contribution is -0.135. The molecule has 20 heteroatoms. The van der Waals surface area contributed by atoms with E-state index in [1.165, 1.54) is 32.4 Å². The summed E-state index contributed by atoms with van der Waals surface area (Å²) in [6.45, 7) is 3.99. The van der Waals surface area contributed by atoms with E-state index in [2.05, 4.69) is 65.8 Å². The Morgan fingerprint density at radius 2 is 0.873 bits per heavy atom. The summed E-state index contributed by atoms with van der Waals surface area (Å²) < 4.78 is 31.7. The van der Waals surface area contributed by atoms with Gasteiger partial charge in [0, 0.05) is 76.3 Å². The Balaban J connectivity index is 0.000000178. The number of methoxy groups -OCH3 is 5. The highest BCUT2D eigenvalue weighted by Crippen LogP contribution is 2.28. The van der Waals surface area contributed by atoms with Crippen LogP contribution in [0.25, 0.3) is 51.3 Å². The molecule has 0 unspecified atom stereocenters. The van der Waals surface area contributed by atoms with E-state index in [-0.39, 0.29) is 5.97 Å². The van der Waals surface area contributed by atoms with Crippen molar-refractivity contribution in [3.63, 3.8) is 0 Å². The lowest BCUT2D eigenvalue weighted by Crippen LogP contribution is -2.14. The summed E-state index contributed by atoms with van der Waals surface area (Å²) in [5.74, 6) is 0.0420. The van der Waals surface area contributed by atoms with Gasteiger partial charge in [0.1, 0.15) is 0 Å². The van der Waals surface area contributed by atoms with Gasteiger partial charge in [0.25, 0.3) is 5.91 Å². The van der Waals surface area contributed by atoms with E-state index in [0.717, 1.165) is 78.4 Å². The van der Waals surface area contributed by atoms with E-state index < -0.39 is 11.9 Å². The molecule has 1 amide bonds. The number of halogens is 1. The van der Waals surface area contributed by atoms with Gasteiger partial charge in [0.05, 0.1) is 67.1 Å². The van der Waals surface area contributed by atoms with Crippen LogP contribution in [0.15, 0.2) is 169 Å². The fourth-order valence-electron chi connectivity index (χ4n) is 7.67. The van der Waals surface area contributed by atoms with Crippen LogP contribution in [-0.4, -0.2) is 107 Å². The van der Waals surface area contributed by atoms with Gasteiger partial charge in [-0.25, -0.2) is 30.0 Å². The van der Waals surface area contributed by atoms with Crippen LogP contribution < -0.4 is 21.8 Å². The molecule has 0 fully saturated rings. The molecular weight excluding hydrogens is 1070 g/mol. The second-order valence-corrected chi connectivity index (χ2v) is 17.4. The van der Waals surface area contributed by atoms with E-state index in [1.54, 1.807) is 51.1 Å². The Morgan fingerprint density at radius 1 is 0.506 bits per heavy atom. The number of benzene rings is 6. The standard InChI is InChI=1S/C20H21N3O3.C19H20N4O3.C10H11BrN2O.C10H11NO2/c1-25-14-13-23-18-10-6-5-9-17(18)22-20(23)21-16-8-4-3-7-15(16)11-12-19(24)26-2;1-26-13-12-23-17-9-5-4-8-16(17)21-19(23)20-15-7-3-2-6-14(15)10-11-18(24)22-25;1-14-7-6-13-9-5-3-2-4-8(9)12-10(13)11;1-13-10(12)7-6-8-4-2-3-5-9(8)11/h3-12H,13-14H2,1-2H3,(H,21,22);2-11,25H,12-13H2,1H3,(H,20,21)(H,22,24);2-5H,6-7H2,1H3;2-7H,11H2,1H3/b12-11+;11-10+;;7-6+. The minimum atomic E-state index is -0.591. The van der Waals surface area contributed by atoms with Crippen LogP contribution in [0.3, 0.4) is 0 Å². The Labute approximate surface area is 466 Å². The lowest BCUT2D eigenvalue weighted by Gasteiger charge is -2.12. The van der Waals surface area contributed by atoms with Crippen LogP contribution in [-0.2, 0) is 57.7 Å². The fraction of sp³-hybridized carbons (Fsp3) is 0.186. The molecule has 0 bridgehead atoms. The molecule has 9 rings (SSSR count). The summed E-state index contributed by atoms with van der Waals surface area (Å²) >= 11 is 3.44. The van der Waals surface area contributed by atoms with E-state index >= 15 is 0 Å². The number of aromatic nitrogens is 6. The Kier molecular flexibility index (Phi) is 23.5. The Morgan fingerprint density at radius 3 is 1.32 bits per heavy atom. The van der Waals surface area contributed by atoms with Gasteiger partial charge in [-0.2, -0.15) is 0 Å². The summed E-state index contributed by atoms with van der Waals surface area (Å²) in [6.07, 6.45) is 8.96. The molecule has 9 aromatic rings. The molecule has 0 aliphatic heterocycles. The second-order valence-electron chi connectivity index (χ2n) is 16.7. The van der Waals surface area contributed by atoms with E-state index in [4.69, 9.17) is 30.1 Å². The van der Waals surface area contributed by atoms with Crippen LogP contribution in [0.4, 0.5) is 29.0 Å². The SMILES string of the molecule is COC(=O)/C=C/c1ccccc1N.COCCn1c(Br)nc2ccccc21.COCCn1c(Nc2ccccc2/C=C/C(=O)NO)nc2ccccc21.COCCn1c(Nc2ccccc2/C=C/C(=O)OC)nc2ccccc21. The summed E-state index contributed by atoms with van der Waals surface area (Å²) in [4.78, 5) is 47.1. The maximum absolute atomic E-state index is 11.4. The number of hydroxylamine groups is 1. The molecule has 0 radical (unpaired) electrons. The number of esters is 2. The van der Waals surface area contributed by atoms with Crippen molar-refractivity contribution in [2.45, 2.75) is 19.6 Å². The van der Waals surface area contributed by atoms with Crippen molar-refractivity contribution < 1.29 is 43.3 Å². The zero-order valence-electron chi connectivity index (χ0n) is 44.4. The van der Waals surface area contributed by atoms with Gasteiger partial charge in [-0.05, 0) is 105 Å². The number of anilines is 5. The molecule has 0 spiro atoms. The maximum Gasteiger partial charge on any atom is 0.330 e. The highest BCUT2D eigenvalue weighted by Gasteiger charge is 2.14. The monoisotopic (exact) mass is 1130 g/mol. The van der Waals surface area contributed by atoms with Crippen LogP contribution in [0.5, 0.6) is 0 Å². The predicted molar refractivity (Wildman–Crippen MR) is 314 cm³/mol. The maximum atomic E-state index is 11.4. The minimum Gasteiger partial charge on any atom is -0.466 e. The first kappa shape index (κ1) is 59.3. The Hall–Kier alpha value is -8.92. The molecule has 0 aliphatic rings. The van der Waals surface area contributed by atoms with E-state index in [1.807, 2.05) is 133 Å². The highest BCUT2D eigenvalue weighted by atomic mass is 79.9. The van der Waals surface area contributed by atoms with Gasteiger partial charge in [0.15, 0.2) is 4.73 Å². The fourth-order valence-corrected chi connectivity index (χ4v) is 8.23. The largest absolute Gasteiger partial charge is 0.466 e. The van der Waals surface area contributed by atoms with Crippen molar-refractivity contribution in [2.24, 2.45) is 0 Å². The van der Waals surface area contributed by atoms with E-state index in [0.29, 0.717) is 44.5 Å². The highest BCUT2D eigenvalue weighted by molar-refractivity contribution is 9.10. The van der Waals surface area contributed by atoms with Gasteiger partial charge in [-0.3, -0.25) is 10.0 Å². The van der Waals surface area contributed by atoms with E-state index in [9.17, 15) is 14.4 Å². The number of nitrogens with one attached hydrogen (secondary N) is 3. The van der Waals surface area contributed by atoms with Crippen LogP contribution in [0.2, 0.25) is 0 Å². The summed E-state index contributed by atoms with van der Waals surface area (Å²) in [5, 5.41) is 15.3. The summed E-state index contributed by atoms with van der Waals surface area (Å²) in [5.41, 5.74) is 18.0. The van der Waals surface area contributed by atoms with Crippen molar-refractivity contribution in [1.82, 2.24) is 34.1 Å². The first-order chi connectivity index (χ1) is 38.5. The zero-order valence-corrected chi connectivity index (χ0v) is 46.0. The quantitative estimate of drug-likeness (QED) is 0.0167. The first-order valence-electron chi connectivity index (χ1n) is 24.7. The molecule has 6 N–H and O–H groups in total. The number of fused-ring (bicyclic) bond motifs is 3. The van der Waals surface area contributed by atoms with Crippen molar-refractivity contribution in [2.75, 3.05) is 71.7 Å². The van der Waals surface area contributed by atoms with Gasteiger partial charge in [-0.1, -0.05) is 91.0 Å². The average Bonchev–Trinajstić information content (AvgIpc) is 4.22. The van der Waals surface area contributed by atoms with Gasteiger partial charge < -0.3 is 53.8 Å². The van der Waals surface area contributed by atoms with Crippen molar-refractivity contribution in [1.29, 1.82) is 0 Å². The number of imidazole rings is 3. The van der Waals surface area contributed by atoms with Crippen LogP contribution in [0, 0.1) is 0 Å². The van der Waals surface area contributed by atoms with Crippen LogP contribution in [0.1, 0.15) is 16.7 Å². The molecule has 0 aliphatic carbocycles. The third kappa shape index (κ3) is 17.3. The topological polar surface area (TPSA) is 233 Å². The molecule has 3 heterocycles. The molecule has 19 nitrogen and oxygen atoms in total. The number of rotatable bonds is 19. The van der Waals surface area contributed by atoms with Gasteiger partial charge in [-0.15, -0.1) is 0 Å². The number of carbonyl (C=O) groups is 3. The smallest absolute Gasteiger partial charge is 0.330 e. The van der Waals surface area contributed by atoms with Crippen molar-refractivity contribution in [3.8, 4) is 0 Å². The molecule has 3 aromatic heterocycles. The number of hydrogen-bond donors (Lipinski definition) is 5. The van der Waals surface area contributed by atoms with Gasteiger partial charge in [0.2, 0.25) is 11.9 Å². The number of nitrogens with zero attached hydrogens (tertiary/aromatic N) is 6. The molecule has 410 valence electrons. The number of carbonyl (C=O) groups excluding carboxylic acids is 3. The number of hydrogen-bond acceptors (Lipinski definition) is 15. The first-order valence-corrected chi connectivity index (χ1v) is 25.5. The average molecular weight is 1140 g/mol. The zero-order chi connectivity index (χ0) is 56.4. The normalized spacial score (nSPS) is 11.0. The third-order valence-electron chi connectivity index (χ3n) is 11.6. The molecule has 0 atom stereocenters. The number of nitrogens with two attached hydrogens (primary N) is 1. The molecule has 6 aromatic carbocycles. The lowest BCUT2D eigenvalue weighted by atomic mass is 10.1. The molecule has 79 heavy (non-hydrogen) atoms. The number of amides is 1. The molecule has 0 saturated carbocycles. The third-order valence-corrected chi connectivity index (χ3v) is 12.2. The minimum absolute atomic E-state index is 0.386. The second kappa shape index (κ2) is 31.3. The number of para-hydroxylation sites is 9. The summed E-state index contributed by atoms with van der Waals surface area (Å²) in [6, 6.07) is 46.5. The van der Waals surface area contributed by atoms with Crippen molar-refractivity contribution >= 4 is 114 Å². The number of ether oxygens (including phenoxy) is 5. The summed E-state index contributed by atoms with van der Waals surface area (Å²) in [7, 11) is 7.74. The Bertz CT molecular complexity index is 3360.